The van der Waals surface area contributed by atoms with E-state index in [0.29, 0.717) is 12.3 Å². The first-order valence-corrected chi connectivity index (χ1v) is 6.86. The standard InChI is InChI=1S/C15H20FNO2/c16-13-8-4-3-7-12(13)14(18)10-17-15(19)9-11-5-1-2-6-11/h3-4,7-8,11,14,18H,1-2,5-6,9-10H2,(H,17,19). The van der Waals surface area contributed by atoms with Crippen molar-refractivity contribution in [2.24, 2.45) is 5.92 Å². The molecule has 0 spiro atoms. The van der Waals surface area contributed by atoms with Crippen molar-refractivity contribution in [2.75, 3.05) is 6.54 Å². The summed E-state index contributed by atoms with van der Waals surface area (Å²) in [5, 5.41) is 12.5. The molecule has 1 fully saturated rings. The minimum Gasteiger partial charge on any atom is -0.386 e. The molecule has 19 heavy (non-hydrogen) atoms. The van der Waals surface area contributed by atoms with Gasteiger partial charge in [0, 0.05) is 18.5 Å². The summed E-state index contributed by atoms with van der Waals surface area (Å²) in [7, 11) is 0. The third-order valence-electron chi connectivity index (χ3n) is 3.71. The van der Waals surface area contributed by atoms with Crippen molar-refractivity contribution in [1.29, 1.82) is 0 Å². The molecule has 0 heterocycles. The van der Waals surface area contributed by atoms with Crippen LogP contribution in [-0.4, -0.2) is 17.6 Å². The molecule has 1 unspecified atom stereocenters. The highest BCUT2D eigenvalue weighted by Crippen LogP contribution is 2.27. The van der Waals surface area contributed by atoms with E-state index in [1.807, 2.05) is 0 Å². The maximum Gasteiger partial charge on any atom is 0.220 e. The van der Waals surface area contributed by atoms with Gasteiger partial charge in [0.15, 0.2) is 0 Å². The monoisotopic (exact) mass is 265 g/mol. The first-order chi connectivity index (χ1) is 9.16. The number of nitrogens with one attached hydrogen (secondary N) is 1. The first-order valence-electron chi connectivity index (χ1n) is 6.86. The molecule has 0 aromatic heterocycles. The van der Waals surface area contributed by atoms with Gasteiger partial charge in [-0.05, 0) is 24.8 Å². The Labute approximate surface area is 112 Å². The number of aliphatic hydroxyl groups excluding tert-OH is 1. The maximum atomic E-state index is 13.4. The fourth-order valence-corrected chi connectivity index (χ4v) is 2.61. The fourth-order valence-electron chi connectivity index (χ4n) is 2.61. The molecule has 1 aliphatic rings. The van der Waals surface area contributed by atoms with Crippen LogP contribution in [0.1, 0.15) is 43.8 Å². The number of carbonyl (C=O) groups is 1. The Hall–Kier alpha value is -1.42. The molecule has 4 heteroatoms. The Morgan fingerprint density at radius 2 is 2.05 bits per heavy atom. The maximum absolute atomic E-state index is 13.4. The molecule has 1 saturated carbocycles. The second-order valence-electron chi connectivity index (χ2n) is 5.20. The minimum absolute atomic E-state index is 0.0534. The SMILES string of the molecule is O=C(CC1CCCC1)NCC(O)c1ccccc1F. The van der Waals surface area contributed by atoms with E-state index in [1.54, 1.807) is 12.1 Å². The molecular weight excluding hydrogens is 245 g/mol. The lowest BCUT2D eigenvalue weighted by Crippen LogP contribution is -2.29. The van der Waals surface area contributed by atoms with E-state index in [4.69, 9.17) is 0 Å². The summed E-state index contributed by atoms with van der Waals surface area (Å²) in [5.74, 6) is -0.0204. The Bertz CT molecular complexity index is 430. The summed E-state index contributed by atoms with van der Waals surface area (Å²) in [5.41, 5.74) is 0.226. The fraction of sp³-hybridized carbons (Fsp3) is 0.533. The van der Waals surface area contributed by atoms with Crippen LogP contribution in [0.25, 0.3) is 0 Å². The van der Waals surface area contributed by atoms with Crippen molar-refractivity contribution >= 4 is 5.91 Å². The number of hydrogen-bond acceptors (Lipinski definition) is 2. The predicted molar refractivity (Wildman–Crippen MR) is 70.9 cm³/mol. The molecule has 3 nitrogen and oxygen atoms in total. The molecule has 1 amide bonds. The molecule has 1 atom stereocenters. The third kappa shape index (κ3) is 4.03. The quantitative estimate of drug-likeness (QED) is 0.859. The summed E-state index contributed by atoms with van der Waals surface area (Å²) in [6, 6.07) is 6.08. The van der Waals surface area contributed by atoms with Crippen LogP contribution < -0.4 is 5.32 Å². The van der Waals surface area contributed by atoms with Crippen LogP contribution in [0.4, 0.5) is 4.39 Å². The molecule has 0 aliphatic heterocycles. The highest BCUT2D eigenvalue weighted by atomic mass is 19.1. The van der Waals surface area contributed by atoms with E-state index in [1.165, 1.54) is 25.0 Å². The van der Waals surface area contributed by atoms with Gasteiger partial charge in [0.25, 0.3) is 0 Å². The molecule has 1 aromatic carbocycles. The van der Waals surface area contributed by atoms with Crippen LogP contribution in [0.2, 0.25) is 0 Å². The van der Waals surface area contributed by atoms with E-state index in [0.717, 1.165) is 12.8 Å². The van der Waals surface area contributed by atoms with Gasteiger partial charge in [-0.2, -0.15) is 0 Å². The van der Waals surface area contributed by atoms with Crippen LogP contribution in [0.3, 0.4) is 0 Å². The molecule has 1 aromatic rings. The Morgan fingerprint density at radius 3 is 2.74 bits per heavy atom. The van der Waals surface area contributed by atoms with Gasteiger partial charge in [0.1, 0.15) is 5.82 Å². The average molecular weight is 265 g/mol. The molecule has 0 bridgehead atoms. The van der Waals surface area contributed by atoms with Crippen molar-refractivity contribution in [3.8, 4) is 0 Å². The molecule has 2 rings (SSSR count). The molecular formula is C15H20FNO2. The van der Waals surface area contributed by atoms with Gasteiger partial charge in [0.2, 0.25) is 5.91 Å². The van der Waals surface area contributed by atoms with Crippen LogP contribution >= 0.6 is 0 Å². The van der Waals surface area contributed by atoms with E-state index in [-0.39, 0.29) is 18.0 Å². The Balaban J connectivity index is 1.78. The third-order valence-corrected chi connectivity index (χ3v) is 3.71. The van der Waals surface area contributed by atoms with Crippen molar-refractivity contribution in [1.82, 2.24) is 5.32 Å². The summed E-state index contributed by atoms with van der Waals surface area (Å²) in [6.45, 7) is 0.0620. The summed E-state index contributed by atoms with van der Waals surface area (Å²) < 4.78 is 13.4. The van der Waals surface area contributed by atoms with Gasteiger partial charge >= 0.3 is 0 Å². The zero-order valence-corrected chi connectivity index (χ0v) is 10.9. The number of hydrogen-bond donors (Lipinski definition) is 2. The van der Waals surface area contributed by atoms with E-state index in [9.17, 15) is 14.3 Å². The van der Waals surface area contributed by atoms with Crippen LogP contribution in [0.15, 0.2) is 24.3 Å². The van der Waals surface area contributed by atoms with E-state index < -0.39 is 11.9 Å². The van der Waals surface area contributed by atoms with Crippen molar-refractivity contribution in [3.63, 3.8) is 0 Å². The zero-order valence-electron chi connectivity index (χ0n) is 10.9. The predicted octanol–water partition coefficient (Wildman–Crippen LogP) is 2.56. The molecule has 2 N–H and O–H groups in total. The second kappa shape index (κ2) is 6.66. The zero-order chi connectivity index (χ0) is 13.7. The topological polar surface area (TPSA) is 49.3 Å². The number of halogens is 1. The summed E-state index contributed by atoms with van der Waals surface area (Å²) in [6.07, 6.45) is 4.16. The highest BCUT2D eigenvalue weighted by molar-refractivity contribution is 5.76. The summed E-state index contributed by atoms with van der Waals surface area (Å²) >= 11 is 0. The van der Waals surface area contributed by atoms with Crippen molar-refractivity contribution in [2.45, 2.75) is 38.2 Å². The van der Waals surface area contributed by atoms with Gasteiger partial charge in [-0.15, -0.1) is 0 Å². The molecule has 0 radical (unpaired) electrons. The minimum atomic E-state index is -0.992. The van der Waals surface area contributed by atoms with E-state index >= 15 is 0 Å². The van der Waals surface area contributed by atoms with Crippen LogP contribution in [0, 0.1) is 11.7 Å². The lowest BCUT2D eigenvalue weighted by Gasteiger charge is -2.14. The first kappa shape index (κ1) is 14.0. The smallest absolute Gasteiger partial charge is 0.220 e. The van der Waals surface area contributed by atoms with Crippen LogP contribution in [-0.2, 0) is 4.79 Å². The Morgan fingerprint density at radius 1 is 1.37 bits per heavy atom. The number of amides is 1. The largest absolute Gasteiger partial charge is 0.386 e. The van der Waals surface area contributed by atoms with E-state index in [2.05, 4.69) is 5.32 Å². The van der Waals surface area contributed by atoms with Gasteiger partial charge in [-0.3, -0.25) is 4.79 Å². The number of aliphatic hydroxyl groups is 1. The van der Waals surface area contributed by atoms with Gasteiger partial charge in [-0.1, -0.05) is 31.0 Å². The summed E-state index contributed by atoms with van der Waals surface area (Å²) in [4.78, 5) is 11.7. The number of benzene rings is 1. The second-order valence-corrected chi connectivity index (χ2v) is 5.20. The number of carbonyl (C=O) groups excluding carboxylic acids is 1. The lowest BCUT2D eigenvalue weighted by atomic mass is 10.0. The van der Waals surface area contributed by atoms with Gasteiger partial charge in [0.05, 0.1) is 6.10 Å². The van der Waals surface area contributed by atoms with Gasteiger partial charge in [-0.25, -0.2) is 4.39 Å². The van der Waals surface area contributed by atoms with Crippen LogP contribution in [0.5, 0.6) is 0 Å². The van der Waals surface area contributed by atoms with Crippen molar-refractivity contribution < 1.29 is 14.3 Å². The average Bonchev–Trinajstić information content (AvgIpc) is 2.89. The Kier molecular flexibility index (Phi) is 4.91. The highest BCUT2D eigenvalue weighted by Gasteiger charge is 2.19. The van der Waals surface area contributed by atoms with Gasteiger partial charge < -0.3 is 10.4 Å². The number of rotatable bonds is 5. The normalized spacial score (nSPS) is 17.4. The molecule has 1 aliphatic carbocycles. The molecule has 0 saturated heterocycles. The molecule has 104 valence electrons. The van der Waals surface area contributed by atoms with Crippen molar-refractivity contribution in [3.05, 3.63) is 35.6 Å². The lowest BCUT2D eigenvalue weighted by molar-refractivity contribution is -0.122.